The zero-order valence-electron chi connectivity index (χ0n) is 27.6. The molecule has 8 radical (unpaired) electrons. The number of unbranched alkanes of at least 4 members (excludes halogenated alkanes) is 14. The molecule has 0 aromatic heterocycles. The minimum absolute atomic E-state index is 0. The standard InChI is InChI=1S/2C13H21O4.2C4H9.Sn/c2*1-2-3-4-5-6-7-8-11-17-13(16)10-9-12(14)15;2*1-3-4-2;/h2*9-10H,2-8,11H2,1H3;2*1,3-4H2,2H3;/b2*10-9-;;;. The summed E-state index contributed by atoms with van der Waals surface area (Å²) >= 11 is 0. The summed E-state index contributed by atoms with van der Waals surface area (Å²) in [6.45, 7) is 16.5. The van der Waals surface area contributed by atoms with Gasteiger partial charge in [-0.25, -0.2) is 29.4 Å². The molecule has 0 saturated carbocycles. The number of esters is 2. The minimum Gasteiger partial charge on any atom is -0.463 e. The fourth-order valence-corrected chi connectivity index (χ4v) is 2.83. The van der Waals surface area contributed by atoms with Crippen molar-refractivity contribution in [2.45, 2.75) is 143 Å². The van der Waals surface area contributed by atoms with Crippen molar-refractivity contribution < 1.29 is 38.9 Å². The van der Waals surface area contributed by atoms with Gasteiger partial charge in [0.05, 0.1) is 13.2 Å². The summed E-state index contributed by atoms with van der Waals surface area (Å²) in [6, 6.07) is 0. The number of rotatable bonds is 22. The van der Waals surface area contributed by atoms with Crippen LogP contribution in [0.1, 0.15) is 143 Å². The first-order valence-corrected chi connectivity index (χ1v) is 15.9. The molecule has 0 N–H and O–H groups in total. The average molecular weight is 716 g/mol. The summed E-state index contributed by atoms with van der Waals surface area (Å²) in [5.74, 6) is -4.03. The summed E-state index contributed by atoms with van der Waals surface area (Å²) in [7, 11) is 0. The average Bonchev–Trinajstić information content (AvgIpc) is 2.98. The molecule has 248 valence electrons. The molecular weight excluding hydrogens is 655 g/mol. The van der Waals surface area contributed by atoms with E-state index in [4.69, 9.17) is 9.47 Å². The third-order valence-electron chi connectivity index (χ3n) is 5.40. The van der Waals surface area contributed by atoms with E-state index in [0.29, 0.717) is 25.4 Å². The molecule has 0 aliphatic heterocycles. The van der Waals surface area contributed by atoms with Gasteiger partial charge in [0.15, 0.2) is 0 Å². The molecule has 0 spiro atoms. The van der Waals surface area contributed by atoms with Crippen LogP contribution in [-0.4, -0.2) is 61.0 Å². The number of hydrogen-bond donors (Lipinski definition) is 0. The van der Waals surface area contributed by atoms with Crippen molar-refractivity contribution in [3.63, 3.8) is 0 Å². The number of ether oxygens (including phenoxy) is 2. The van der Waals surface area contributed by atoms with Crippen LogP contribution in [0.25, 0.3) is 0 Å². The van der Waals surface area contributed by atoms with Gasteiger partial charge in [0.25, 0.3) is 0 Å². The van der Waals surface area contributed by atoms with E-state index in [2.05, 4.69) is 41.5 Å². The van der Waals surface area contributed by atoms with Crippen molar-refractivity contribution in [1.82, 2.24) is 0 Å². The molecule has 0 fully saturated rings. The second-order valence-electron chi connectivity index (χ2n) is 9.59. The van der Waals surface area contributed by atoms with Crippen LogP contribution in [0.3, 0.4) is 0 Å². The molecule has 0 unspecified atom stereocenters. The van der Waals surface area contributed by atoms with Gasteiger partial charge in [-0.2, -0.15) is 0 Å². The Hall–Kier alpha value is -1.84. The van der Waals surface area contributed by atoms with E-state index >= 15 is 0 Å². The molecule has 0 heterocycles. The first kappa shape index (κ1) is 50.8. The zero-order valence-corrected chi connectivity index (χ0v) is 30.5. The summed E-state index contributed by atoms with van der Waals surface area (Å²) in [5.41, 5.74) is 0. The molecule has 0 aliphatic rings. The Kier molecular flexibility index (Phi) is 55.6. The van der Waals surface area contributed by atoms with Crippen molar-refractivity contribution in [1.29, 1.82) is 0 Å². The van der Waals surface area contributed by atoms with E-state index in [1.807, 2.05) is 0 Å². The van der Waals surface area contributed by atoms with Gasteiger partial charge in [0.2, 0.25) is 0 Å². The van der Waals surface area contributed by atoms with Crippen molar-refractivity contribution in [2.24, 2.45) is 0 Å². The Bertz CT molecular complexity index is 603. The summed E-state index contributed by atoms with van der Waals surface area (Å²) in [5, 5.41) is 20.0. The quantitative estimate of drug-likeness (QED) is 0.0479. The van der Waals surface area contributed by atoms with E-state index in [1.54, 1.807) is 0 Å². The van der Waals surface area contributed by atoms with E-state index < -0.39 is 23.9 Å². The minimum atomic E-state index is -1.39. The maximum absolute atomic E-state index is 10.9. The molecule has 0 amide bonds. The van der Waals surface area contributed by atoms with Crippen LogP contribution in [0, 0.1) is 13.8 Å². The Morgan fingerprint density at radius 2 is 0.721 bits per heavy atom. The molecule has 9 heteroatoms. The van der Waals surface area contributed by atoms with Crippen LogP contribution < -0.4 is 0 Å². The third-order valence-corrected chi connectivity index (χ3v) is 5.40. The van der Waals surface area contributed by atoms with Crippen LogP contribution in [0.4, 0.5) is 0 Å². The molecule has 0 aliphatic carbocycles. The van der Waals surface area contributed by atoms with Crippen LogP contribution in [0.5, 0.6) is 0 Å². The summed E-state index contributed by atoms with van der Waals surface area (Å²) < 4.78 is 9.61. The summed E-state index contributed by atoms with van der Waals surface area (Å²) in [4.78, 5) is 41.8. The molecule has 0 aromatic carbocycles. The molecule has 0 aromatic rings. The van der Waals surface area contributed by atoms with Gasteiger partial charge in [-0.15, -0.1) is 0 Å². The first-order chi connectivity index (χ1) is 20.2. The van der Waals surface area contributed by atoms with Gasteiger partial charge in [-0.3, -0.25) is 0 Å². The van der Waals surface area contributed by atoms with Crippen LogP contribution in [-0.2, 0) is 38.9 Å². The Balaban J connectivity index is -0.000000175. The monoisotopic (exact) mass is 716 g/mol. The maximum atomic E-state index is 10.9. The number of carbonyl (C=O) groups is 4. The molecule has 0 saturated heterocycles. The molecule has 43 heavy (non-hydrogen) atoms. The van der Waals surface area contributed by atoms with Crippen LogP contribution in [0.2, 0.25) is 0 Å². The van der Waals surface area contributed by atoms with E-state index in [0.717, 1.165) is 63.5 Å². The second-order valence-corrected chi connectivity index (χ2v) is 9.59. The van der Waals surface area contributed by atoms with Gasteiger partial charge in [-0.05, 0) is 12.8 Å². The van der Waals surface area contributed by atoms with E-state index in [1.165, 1.54) is 64.2 Å². The fraction of sp³-hybridized carbons (Fsp3) is 0.706. The van der Waals surface area contributed by atoms with Crippen LogP contribution >= 0.6 is 0 Å². The molecular formula is C34H60O8Sn. The van der Waals surface area contributed by atoms with Gasteiger partial charge in [-0.1, -0.05) is 144 Å². The van der Waals surface area contributed by atoms with Crippen LogP contribution in [0.15, 0.2) is 24.3 Å². The third kappa shape index (κ3) is 64.3. The fourth-order valence-electron chi connectivity index (χ4n) is 2.83. The zero-order chi connectivity index (χ0) is 32.7. The largest absolute Gasteiger partial charge is 0.463 e. The molecule has 0 bridgehead atoms. The predicted octanol–water partition coefficient (Wildman–Crippen LogP) is 8.45. The normalized spacial score (nSPS) is 9.81. The van der Waals surface area contributed by atoms with E-state index in [9.17, 15) is 29.4 Å². The molecule has 0 atom stereocenters. The van der Waals surface area contributed by atoms with Crippen molar-refractivity contribution in [3.8, 4) is 0 Å². The Morgan fingerprint density at radius 3 is 0.953 bits per heavy atom. The number of carbonyl (C=O) groups excluding carboxylic acids is 4. The molecule has 0 rings (SSSR count). The van der Waals surface area contributed by atoms with Crippen molar-refractivity contribution in [3.05, 3.63) is 38.2 Å². The maximum Gasteiger partial charge on any atom is 0.379 e. The van der Waals surface area contributed by atoms with Gasteiger partial charge >= 0.3 is 23.9 Å². The SMILES string of the molecule is CCCCCCCCCOC(=O)/C=C\C([O])=O.CCCCCCCCCOC(=O)/C=C\C([O])=O.[CH2]CCC.[CH2]CCC.[Sn]. The topological polar surface area (TPSA) is 127 Å². The van der Waals surface area contributed by atoms with Gasteiger partial charge in [0, 0.05) is 48.2 Å². The van der Waals surface area contributed by atoms with Crippen molar-refractivity contribution in [2.75, 3.05) is 13.2 Å². The smallest absolute Gasteiger partial charge is 0.379 e. The van der Waals surface area contributed by atoms with Crippen molar-refractivity contribution >= 4 is 47.8 Å². The second kappa shape index (κ2) is 47.1. The predicted molar refractivity (Wildman–Crippen MR) is 174 cm³/mol. The first-order valence-electron chi connectivity index (χ1n) is 15.9. The Labute approximate surface area is 280 Å². The van der Waals surface area contributed by atoms with Gasteiger partial charge < -0.3 is 9.47 Å². The number of hydrogen-bond acceptors (Lipinski definition) is 6. The Morgan fingerprint density at radius 1 is 0.465 bits per heavy atom. The van der Waals surface area contributed by atoms with E-state index in [-0.39, 0.29) is 23.9 Å². The van der Waals surface area contributed by atoms with Gasteiger partial charge in [0.1, 0.15) is 0 Å². The summed E-state index contributed by atoms with van der Waals surface area (Å²) in [6.07, 6.45) is 23.7. The molecule has 8 nitrogen and oxygen atoms in total.